The van der Waals surface area contributed by atoms with E-state index in [1.165, 1.54) is 32.1 Å². The zero-order valence-corrected chi connectivity index (χ0v) is 9.63. The number of nitrogens with one attached hydrogen (secondary N) is 1. The number of hydrazine groups is 1. The van der Waals surface area contributed by atoms with Crippen molar-refractivity contribution < 1.29 is 0 Å². The van der Waals surface area contributed by atoms with Crippen LogP contribution in [0.5, 0.6) is 0 Å². The molecule has 0 aromatic heterocycles. The van der Waals surface area contributed by atoms with Crippen LogP contribution in [0.15, 0.2) is 0 Å². The quantitative estimate of drug-likeness (QED) is 0.401. The smallest absolute Gasteiger partial charge is 0.110 e. The molecule has 3 N–H and O–H groups in total. The zero-order valence-electron chi connectivity index (χ0n) is 9.63. The maximum absolute atomic E-state index is 5.39. The van der Waals surface area contributed by atoms with Gasteiger partial charge in [0.15, 0.2) is 0 Å². The standard InChI is InChI=1S/C11H24BN2/c1-3-11(12-2)10-6-4-5-9(7-10)8-14-13/h9-11,14H,3-8,13H2,1-2H3. The highest BCUT2D eigenvalue weighted by molar-refractivity contribution is 6.35. The summed E-state index contributed by atoms with van der Waals surface area (Å²) in [5.41, 5.74) is 2.82. The van der Waals surface area contributed by atoms with E-state index in [0.29, 0.717) is 0 Å². The molecule has 0 aromatic rings. The van der Waals surface area contributed by atoms with E-state index in [4.69, 9.17) is 5.84 Å². The molecule has 0 bridgehead atoms. The Morgan fingerprint density at radius 1 is 1.50 bits per heavy atom. The second-order valence-corrected chi connectivity index (χ2v) is 4.61. The van der Waals surface area contributed by atoms with Crippen LogP contribution in [-0.4, -0.2) is 13.8 Å². The summed E-state index contributed by atoms with van der Waals surface area (Å²) in [4.78, 5) is 0. The fraction of sp³-hybridized carbons (Fsp3) is 1.00. The van der Waals surface area contributed by atoms with Crippen LogP contribution < -0.4 is 11.3 Å². The molecule has 81 valence electrons. The topological polar surface area (TPSA) is 38.0 Å². The first-order valence-corrected chi connectivity index (χ1v) is 6.04. The highest BCUT2D eigenvalue weighted by atomic mass is 15.2. The highest BCUT2D eigenvalue weighted by Gasteiger charge is 2.26. The molecule has 14 heavy (non-hydrogen) atoms. The maximum atomic E-state index is 5.39. The lowest BCUT2D eigenvalue weighted by Gasteiger charge is -2.33. The molecule has 1 rings (SSSR count). The van der Waals surface area contributed by atoms with Gasteiger partial charge in [-0.3, -0.25) is 11.3 Å². The molecular weight excluding hydrogens is 171 g/mol. The molecule has 3 unspecified atom stereocenters. The molecule has 2 nitrogen and oxygen atoms in total. The molecule has 0 aliphatic heterocycles. The zero-order chi connectivity index (χ0) is 10.4. The predicted octanol–water partition coefficient (Wildman–Crippen LogP) is 2.21. The summed E-state index contributed by atoms with van der Waals surface area (Å²) in [6.07, 6.45) is 6.84. The minimum Gasteiger partial charge on any atom is -0.271 e. The summed E-state index contributed by atoms with van der Waals surface area (Å²) in [5.74, 6) is 7.94. The molecule has 0 saturated heterocycles. The van der Waals surface area contributed by atoms with Gasteiger partial charge in [0.1, 0.15) is 7.28 Å². The monoisotopic (exact) mass is 195 g/mol. The van der Waals surface area contributed by atoms with E-state index in [-0.39, 0.29) is 0 Å². The lowest BCUT2D eigenvalue weighted by atomic mass is 9.56. The van der Waals surface area contributed by atoms with Gasteiger partial charge >= 0.3 is 0 Å². The van der Waals surface area contributed by atoms with Gasteiger partial charge in [-0.2, -0.15) is 0 Å². The first-order chi connectivity index (χ1) is 6.81. The molecular formula is C11H24BN2. The van der Waals surface area contributed by atoms with Crippen LogP contribution >= 0.6 is 0 Å². The lowest BCUT2D eigenvalue weighted by molar-refractivity contribution is 0.247. The van der Waals surface area contributed by atoms with Crippen molar-refractivity contribution in [1.29, 1.82) is 0 Å². The largest absolute Gasteiger partial charge is 0.271 e. The maximum Gasteiger partial charge on any atom is 0.110 e. The second-order valence-electron chi connectivity index (χ2n) is 4.61. The molecule has 1 saturated carbocycles. The molecule has 3 heteroatoms. The van der Waals surface area contributed by atoms with Crippen molar-refractivity contribution in [3.05, 3.63) is 0 Å². The number of hydrogen-bond donors (Lipinski definition) is 2. The van der Waals surface area contributed by atoms with Gasteiger partial charge in [0.25, 0.3) is 0 Å². The molecule has 0 heterocycles. The van der Waals surface area contributed by atoms with Gasteiger partial charge in [0.05, 0.1) is 0 Å². The van der Waals surface area contributed by atoms with Gasteiger partial charge in [-0.05, 0) is 24.7 Å². The van der Waals surface area contributed by atoms with Gasteiger partial charge in [-0.25, -0.2) is 0 Å². The average molecular weight is 195 g/mol. The summed E-state index contributed by atoms with van der Waals surface area (Å²) < 4.78 is 0. The van der Waals surface area contributed by atoms with Gasteiger partial charge in [0.2, 0.25) is 0 Å². The van der Waals surface area contributed by atoms with Crippen LogP contribution in [-0.2, 0) is 0 Å². The third-order valence-electron chi connectivity index (χ3n) is 3.73. The Morgan fingerprint density at radius 3 is 2.86 bits per heavy atom. The Bertz CT molecular complexity index is 146. The normalized spacial score (nSPS) is 29.9. The lowest BCUT2D eigenvalue weighted by Crippen LogP contribution is -2.32. The van der Waals surface area contributed by atoms with Gasteiger partial charge in [0, 0.05) is 6.54 Å². The van der Waals surface area contributed by atoms with E-state index in [0.717, 1.165) is 24.2 Å². The van der Waals surface area contributed by atoms with E-state index in [2.05, 4.69) is 26.5 Å². The van der Waals surface area contributed by atoms with Crippen LogP contribution in [0.2, 0.25) is 12.6 Å². The van der Waals surface area contributed by atoms with Crippen LogP contribution in [0.4, 0.5) is 0 Å². The van der Waals surface area contributed by atoms with Crippen molar-refractivity contribution in [3.8, 4) is 0 Å². The van der Waals surface area contributed by atoms with Crippen molar-refractivity contribution >= 4 is 7.28 Å². The number of nitrogens with two attached hydrogens (primary N) is 1. The Kier molecular flexibility index (Phi) is 5.57. The van der Waals surface area contributed by atoms with Crippen molar-refractivity contribution in [2.45, 2.75) is 51.7 Å². The molecule has 3 atom stereocenters. The van der Waals surface area contributed by atoms with E-state index in [1.807, 2.05) is 0 Å². The second kappa shape index (κ2) is 6.47. The first-order valence-electron chi connectivity index (χ1n) is 6.04. The molecule has 1 radical (unpaired) electrons. The Morgan fingerprint density at radius 2 is 2.29 bits per heavy atom. The van der Waals surface area contributed by atoms with Crippen molar-refractivity contribution in [1.82, 2.24) is 5.43 Å². The first kappa shape index (κ1) is 12.1. The molecule has 0 spiro atoms. The summed E-state index contributed by atoms with van der Waals surface area (Å²) in [7, 11) is 2.39. The SMILES string of the molecule is C[B]C(CC)C1CCCC(CNN)C1. The van der Waals surface area contributed by atoms with Crippen LogP contribution in [0.25, 0.3) is 0 Å². The summed E-state index contributed by atoms with van der Waals surface area (Å²) >= 11 is 0. The fourth-order valence-corrected chi connectivity index (χ4v) is 2.91. The predicted molar refractivity (Wildman–Crippen MR) is 63.3 cm³/mol. The van der Waals surface area contributed by atoms with E-state index in [9.17, 15) is 0 Å². The molecule has 1 aliphatic carbocycles. The Balaban J connectivity index is 2.38. The Labute approximate surface area is 89.2 Å². The van der Waals surface area contributed by atoms with Crippen molar-refractivity contribution in [3.63, 3.8) is 0 Å². The molecule has 1 fully saturated rings. The van der Waals surface area contributed by atoms with E-state index >= 15 is 0 Å². The van der Waals surface area contributed by atoms with E-state index in [1.54, 1.807) is 0 Å². The van der Waals surface area contributed by atoms with Gasteiger partial charge in [-0.15, -0.1) is 0 Å². The average Bonchev–Trinajstić information content (AvgIpc) is 2.21. The summed E-state index contributed by atoms with van der Waals surface area (Å²) in [6.45, 7) is 5.51. The van der Waals surface area contributed by atoms with Crippen molar-refractivity contribution in [2.24, 2.45) is 17.7 Å². The molecule has 1 aliphatic rings. The highest BCUT2D eigenvalue weighted by Crippen LogP contribution is 2.37. The molecule has 0 aromatic carbocycles. The molecule has 0 amide bonds. The van der Waals surface area contributed by atoms with Crippen LogP contribution in [0.3, 0.4) is 0 Å². The third kappa shape index (κ3) is 3.28. The van der Waals surface area contributed by atoms with Gasteiger partial charge in [-0.1, -0.05) is 38.8 Å². The Hall–Kier alpha value is -0.0151. The number of rotatable bonds is 5. The van der Waals surface area contributed by atoms with Crippen LogP contribution in [0, 0.1) is 11.8 Å². The van der Waals surface area contributed by atoms with Gasteiger partial charge < -0.3 is 0 Å². The van der Waals surface area contributed by atoms with Crippen molar-refractivity contribution in [2.75, 3.05) is 6.54 Å². The third-order valence-corrected chi connectivity index (χ3v) is 3.73. The minimum absolute atomic E-state index is 0.813. The van der Waals surface area contributed by atoms with Crippen LogP contribution in [0.1, 0.15) is 39.0 Å². The number of hydrogen-bond acceptors (Lipinski definition) is 2. The minimum atomic E-state index is 0.813. The fourth-order valence-electron chi connectivity index (χ4n) is 2.91. The summed E-state index contributed by atoms with van der Waals surface area (Å²) in [6, 6.07) is 0. The summed E-state index contributed by atoms with van der Waals surface area (Å²) in [5, 5.41) is 0. The van der Waals surface area contributed by atoms with E-state index < -0.39 is 0 Å².